The van der Waals surface area contributed by atoms with Crippen LogP contribution in [0.15, 0.2) is 64.7 Å². The number of hydrogen-bond acceptors (Lipinski definition) is 5. The Morgan fingerprint density at radius 3 is 2.80 bits per heavy atom. The predicted octanol–water partition coefficient (Wildman–Crippen LogP) is 5.31. The molecule has 25 heavy (non-hydrogen) atoms. The van der Waals surface area contributed by atoms with E-state index in [9.17, 15) is 4.79 Å². The van der Waals surface area contributed by atoms with Crippen molar-refractivity contribution in [3.05, 3.63) is 75.9 Å². The number of hydrogen-bond donors (Lipinski definition) is 0. The molecule has 0 spiro atoms. The van der Waals surface area contributed by atoms with E-state index in [0.29, 0.717) is 0 Å². The molecule has 124 valence electrons. The first kappa shape index (κ1) is 16.0. The number of nitrogens with zero attached hydrogens (tertiary/aromatic N) is 1. The molecule has 2 aromatic carbocycles. The minimum absolute atomic E-state index is 0.200. The minimum Gasteiger partial charge on any atom is -0.460 e. The lowest BCUT2D eigenvalue weighted by Crippen LogP contribution is -2.08. The topological polar surface area (TPSA) is 39.2 Å². The summed E-state index contributed by atoms with van der Waals surface area (Å²) in [5.41, 5.74) is 2.88. The van der Waals surface area contributed by atoms with Crippen molar-refractivity contribution >= 4 is 39.4 Å². The molecule has 0 N–H and O–H groups in total. The molecule has 0 amide bonds. The number of ether oxygens (including phenoxy) is 1. The number of benzene rings is 2. The average Bonchev–Trinajstić information content (AvgIpc) is 3.31. The van der Waals surface area contributed by atoms with E-state index in [4.69, 9.17) is 4.74 Å². The summed E-state index contributed by atoms with van der Waals surface area (Å²) in [6, 6.07) is 16.2. The Labute approximate surface area is 153 Å². The molecule has 4 aromatic rings. The highest BCUT2D eigenvalue weighted by atomic mass is 32.1. The van der Waals surface area contributed by atoms with Crippen LogP contribution in [0, 0.1) is 0 Å². The van der Waals surface area contributed by atoms with Crippen LogP contribution in [0.25, 0.3) is 21.3 Å². The van der Waals surface area contributed by atoms with Gasteiger partial charge in [0, 0.05) is 16.3 Å². The molecule has 0 fully saturated rings. The van der Waals surface area contributed by atoms with Crippen LogP contribution in [-0.2, 0) is 22.6 Å². The molecular weight excluding hydrogens is 350 g/mol. The quantitative estimate of drug-likeness (QED) is 0.450. The number of thiophene rings is 1. The van der Waals surface area contributed by atoms with Crippen LogP contribution in [0.2, 0.25) is 0 Å². The highest BCUT2D eigenvalue weighted by Crippen LogP contribution is 2.26. The van der Waals surface area contributed by atoms with E-state index in [2.05, 4.69) is 22.5 Å². The van der Waals surface area contributed by atoms with Gasteiger partial charge in [-0.15, -0.1) is 11.3 Å². The van der Waals surface area contributed by atoms with Gasteiger partial charge < -0.3 is 4.74 Å². The van der Waals surface area contributed by atoms with Crippen molar-refractivity contribution in [1.29, 1.82) is 0 Å². The summed E-state index contributed by atoms with van der Waals surface area (Å²) in [5, 5.41) is 9.21. The van der Waals surface area contributed by atoms with Gasteiger partial charge in [-0.3, -0.25) is 4.79 Å². The number of fused-ring (bicyclic) bond motifs is 1. The molecule has 0 saturated carbocycles. The Kier molecular flexibility index (Phi) is 4.59. The van der Waals surface area contributed by atoms with E-state index in [1.54, 1.807) is 22.7 Å². The Bertz CT molecular complexity index is 1000. The molecule has 0 radical (unpaired) electrons. The number of carbonyl (C=O) groups is 1. The third-order valence-electron chi connectivity index (χ3n) is 3.91. The maximum atomic E-state index is 12.2. The van der Waals surface area contributed by atoms with E-state index in [1.807, 2.05) is 47.2 Å². The second-order valence-corrected chi connectivity index (χ2v) is 7.27. The molecule has 0 aliphatic rings. The van der Waals surface area contributed by atoms with E-state index in [1.165, 1.54) is 0 Å². The SMILES string of the molecule is O=C(Cc1csc(-c2ccsc2)n1)OCc1cccc2ccccc12. The number of carbonyl (C=O) groups excluding carboxylic acids is 1. The fourth-order valence-corrected chi connectivity index (χ4v) is 4.21. The van der Waals surface area contributed by atoms with Gasteiger partial charge in [0.2, 0.25) is 0 Å². The smallest absolute Gasteiger partial charge is 0.312 e. The van der Waals surface area contributed by atoms with Gasteiger partial charge in [-0.25, -0.2) is 4.98 Å². The van der Waals surface area contributed by atoms with Gasteiger partial charge in [0.15, 0.2) is 0 Å². The van der Waals surface area contributed by atoms with Crippen LogP contribution in [0.4, 0.5) is 0 Å². The highest BCUT2D eigenvalue weighted by molar-refractivity contribution is 7.14. The lowest BCUT2D eigenvalue weighted by molar-refractivity contribution is -0.144. The van der Waals surface area contributed by atoms with Crippen molar-refractivity contribution in [2.24, 2.45) is 0 Å². The van der Waals surface area contributed by atoms with Crippen LogP contribution in [0.1, 0.15) is 11.3 Å². The van der Waals surface area contributed by atoms with Gasteiger partial charge in [0.1, 0.15) is 11.6 Å². The van der Waals surface area contributed by atoms with Crippen LogP contribution in [0.3, 0.4) is 0 Å². The van der Waals surface area contributed by atoms with Crippen molar-refractivity contribution < 1.29 is 9.53 Å². The van der Waals surface area contributed by atoms with Gasteiger partial charge in [0.25, 0.3) is 0 Å². The maximum Gasteiger partial charge on any atom is 0.312 e. The summed E-state index contributed by atoms with van der Waals surface area (Å²) < 4.78 is 5.47. The average molecular weight is 365 g/mol. The van der Waals surface area contributed by atoms with Crippen molar-refractivity contribution in [3.8, 4) is 10.6 Å². The lowest BCUT2D eigenvalue weighted by Gasteiger charge is -2.07. The molecule has 0 aliphatic carbocycles. The lowest BCUT2D eigenvalue weighted by atomic mass is 10.1. The van der Waals surface area contributed by atoms with Gasteiger partial charge in [-0.05, 0) is 27.8 Å². The van der Waals surface area contributed by atoms with Crippen molar-refractivity contribution in [2.75, 3.05) is 0 Å². The van der Waals surface area contributed by atoms with Crippen molar-refractivity contribution in [1.82, 2.24) is 4.98 Å². The summed E-state index contributed by atoms with van der Waals surface area (Å²) >= 11 is 3.19. The monoisotopic (exact) mass is 365 g/mol. The first-order chi connectivity index (χ1) is 12.3. The standard InChI is InChI=1S/C20H15NO2S2/c22-19(10-17-13-25-20(21-17)16-8-9-24-12-16)23-11-15-6-3-5-14-4-1-2-7-18(14)15/h1-9,12-13H,10-11H2. The van der Waals surface area contributed by atoms with Crippen LogP contribution >= 0.6 is 22.7 Å². The number of aromatic nitrogens is 1. The van der Waals surface area contributed by atoms with E-state index < -0.39 is 0 Å². The first-order valence-corrected chi connectivity index (χ1v) is 9.71. The van der Waals surface area contributed by atoms with Gasteiger partial charge in [0.05, 0.1) is 12.1 Å². The van der Waals surface area contributed by atoms with Crippen LogP contribution < -0.4 is 0 Å². The molecule has 5 heteroatoms. The van der Waals surface area contributed by atoms with Crippen LogP contribution in [-0.4, -0.2) is 11.0 Å². The fraction of sp³-hybridized carbons (Fsp3) is 0.100. The normalized spacial score (nSPS) is 10.9. The Morgan fingerprint density at radius 1 is 1.04 bits per heavy atom. The maximum absolute atomic E-state index is 12.2. The molecule has 0 saturated heterocycles. The molecule has 2 aromatic heterocycles. The van der Waals surface area contributed by atoms with Gasteiger partial charge in [-0.1, -0.05) is 42.5 Å². The third-order valence-corrected chi connectivity index (χ3v) is 5.54. The zero-order valence-electron chi connectivity index (χ0n) is 13.3. The molecule has 0 bridgehead atoms. The van der Waals surface area contributed by atoms with Gasteiger partial charge >= 0.3 is 5.97 Å². The largest absolute Gasteiger partial charge is 0.460 e. The molecule has 0 atom stereocenters. The molecule has 3 nitrogen and oxygen atoms in total. The number of thiazole rings is 1. The Hall–Kier alpha value is -2.50. The fourth-order valence-electron chi connectivity index (χ4n) is 2.68. The second kappa shape index (κ2) is 7.17. The summed E-state index contributed by atoms with van der Waals surface area (Å²) in [6.45, 7) is 0.279. The third kappa shape index (κ3) is 3.62. The van der Waals surface area contributed by atoms with Crippen molar-refractivity contribution in [3.63, 3.8) is 0 Å². The van der Waals surface area contributed by atoms with E-state index >= 15 is 0 Å². The molecular formula is C20H15NO2S2. The molecule has 2 heterocycles. The minimum atomic E-state index is -0.255. The predicted molar refractivity (Wildman–Crippen MR) is 103 cm³/mol. The summed E-state index contributed by atoms with van der Waals surface area (Å²) in [4.78, 5) is 16.7. The Morgan fingerprint density at radius 2 is 1.92 bits per heavy atom. The summed E-state index contributed by atoms with van der Waals surface area (Å²) in [5.74, 6) is -0.255. The first-order valence-electron chi connectivity index (χ1n) is 7.89. The summed E-state index contributed by atoms with van der Waals surface area (Å²) in [6.07, 6.45) is 0.200. The molecule has 4 rings (SSSR count). The number of rotatable bonds is 5. The summed E-state index contributed by atoms with van der Waals surface area (Å²) in [7, 11) is 0. The second-order valence-electron chi connectivity index (χ2n) is 5.63. The van der Waals surface area contributed by atoms with Crippen molar-refractivity contribution in [2.45, 2.75) is 13.0 Å². The highest BCUT2D eigenvalue weighted by Gasteiger charge is 2.11. The zero-order chi connectivity index (χ0) is 17.1. The Balaban J connectivity index is 1.41. The molecule has 0 unspecified atom stereocenters. The van der Waals surface area contributed by atoms with E-state index in [0.717, 1.165) is 32.6 Å². The molecule has 0 aliphatic heterocycles. The number of esters is 1. The zero-order valence-corrected chi connectivity index (χ0v) is 15.0. The van der Waals surface area contributed by atoms with Gasteiger partial charge in [-0.2, -0.15) is 11.3 Å². The van der Waals surface area contributed by atoms with E-state index in [-0.39, 0.29) is 19.0 Å². The van der Waals surface area contributed by atoms with Crippen LogP contribution in [0.5, 0.6) is 0 Å².